The molecule has 2 N–H and O–H groups in total. The highest BCUT2D eigenvalue weighted by atomic mass is 127. The van der Waals surface area contributed by atoms with Crippen LogP contribution in [0.15, 0.2) is 82.8 Å². The van der Waals surface area contributed by atoms with Crippen molar-refractivity contribution in [2.24, 2.45) is 0 Å². The van der Waals surface area contributed by atoms with E-state index in [0.29, 0.717) is 16.2 Å². The van der Waals surface area contributed by atoms with Crippen molar-refractivity contribution in [3.8, 4) is 0 Å². The smallest absolute Gasteiger partial charge is 0.325 e. The first kappa shape index (κ1) is 21.8. The number of halogens is 1. The lowest BCUT2D eigenvalue weighted by molar-refractivity contribution is -0.526. The van der Waals surface area contributed by atoms with Crippen LogP contribution in [0.25, 0.3) is 11.0 Å². The summed E-state index contributed by atoms with van der Waals surface area (Å²) in [5.74, 6) is -0.153. The highest BCUT2D eigenvalue weighted by molar-refractivity contribution is 14.1. The number of nitrogens with zero attached hydrogens (tertiary/aromatic N) is 1. The maximum Gasteiger partial charge on any atom is 0.336 e. The van der Waals surface area contributed by atoms with Crippen LogP contribution in [-0.2, 0) is 14.8 Å². The minimum atomic E-state index is -3.84. The minimum absolute atomic E-state index is 0.0581. The Morgan fingerprint density at radius 2 is 1.77 bits per heavy atom. The summed E-state index contributed by atoms with van der Waals surface area (Å²) in [6.45, 7) is 1.93. The molecule has 4 rings (SSSR count). The molecule has 0 aliphatic heterocycles. The Morgan fingerprint density at radius 3 is 2.52 bits per heavy atom. The monoisotopic (exact) mass is 564 g/mol. The second-order valence-electron chi connectivity index (χ2n) is 6.83. The molecule has 0 bridgehead atoms. The molecule has 4 aromatic rings. The quantitative estimate of drug-likeness (QED) is 0.208. The van der Waals surface area contributed by atoms with Crippen molar-refractivity contribution in [1.29, 1.82) is 0 Å². The Hall–Kier alpha value is -2.37. The summed E-state index contributed by atoms with van der Waals surface area (Å²) >= 11 is 3.37. The maximum absolute atomic E-state index is 13.4. The lowest BCUT2D eigenvalue weighted by atomic mass is 10.2. The number of hydrogen-bond acceptors (Lipinski definition) is 4. The van der Waals surface area contributed by atoms with Gasteiger partial charge >= 0.3 is 15.2 Å². The number of amides is 1. The number of anilines is 1. The number of H-pyrrole nitrogens is 1. The molecule has 31 heavy (non-hydrogen) atoms. The van der Waals surface area contributed by atoms with Crippen LogP contribution in [0, 0.1) is 10.5 Å². The van der Waals surface area contributed by atoms with Crippen LogP contribution in [-0.4, -0.2) is 25.1 Å². The van der Waals surface area contributed by atoms with Crippen molar-refractivity contribution < 1.29 is 17.2 Å². The zero-order valence-electron chi connectivity index (χ0n) is 16.5. The molecule has 3 aromatic carbocycles. The molecule has 0 spiro atoms. The van der Waals surface area contributed by atoms with Crippen LogP contribution in [0.1, 0.15) is 5.56 Å². The van der Waals surface area contributed by atoms with Gasteiger partial charge in [0.2, 0.25) is 5.91 Å². The molecular formula is C22H19IN3O3S2+. The Balaban J connectivity index is 1.64. The predicted molar refractivity (Wildman–Crippen MR) is 131 cm³/mol. The molecule has 0 saturated carbocycles. The number of imidazole rings is 1. The van der Waals surface area contributed by atoms with E-state index < -0.39 is 10.0 Å². The molecule has 1 aromatic heterocycles. The number of rotatable bonds is 6. The molecule has 1 amide bonds. The van der Waals surface area contributed by atoms with Gasteiger partial charge in [0.05, 0.1) is 5.75 Å². The Bertz CT molecular complexity index is 1370. The molecular weight excluding hydrogens is 545 g/mol. The van der Waals surface area contributed by atoms with Crippen LogP contribution in [0.5, 0.6) is 0 Å². The highest BCUT2D eigenvalue weighted by Gasteiger charge is 2.31. The van der Waals surface area contributed by atoms with Gasteiger partial charge in [-0.2, -0.15) is 8.42 Å². The first-order valence-corrected chi connectivity index (χ1v) is 12.9. The summed E-state index contributed by atoms with van der Waals surface area (Å²) in [7, 11) is -3.84. The van der Waals surface area contributed by atoms with E-state index in [0.717, 1.165) is 26.6 Å². The summed E-state index contributed by atoms with van der Waals surface area (Å²) in [5, 5.41) is 3.27. The van der Waals surface area contributed by atoms with Crippen LogP contribution in [0.2, 0.25) is 0 Å². The average Bonchev–Trinajstić information content (AvgIpc) is 3.14. The van der Waals surface area contributed by atoms with Gasteiger partial charge < -0.3 is 5.32 Å². The summed E-state index contributed by atoms with van der Waals surface area (Å²) in [5.41, 5.74) is 2.92. The predicted octanol–water partition coefficient (Wildman–Crippen LogP) is 4.34. The van der Waals surface area contributed by atoms with E-state index in [4.69, 9.17) is 0 Å². The third kappa shape index (κ3) is 4.63. The Morgan fingerprint density at radius 1 is 1.06 bits per heavy atom. The second kappa shape index (κ2) is 9.01. The van der Waals surface area contributed by atoms with Crippen molar-refractivity contribution in [2.75, 3.05) is 11.1 Å². The first-order chi connectivity index (χ1) is 14.9. The molecule has 6 nitrogen and oxygen atoms in total. The zero-order chi connectivity index (χ0) is 22.0. The fourth-order valence-corrected chi connectivity index (χ4v) is 6.38. The third-order valence-corrected chi connectivity index (χ3v) is 8.11. The minimum Gasteiger partial charge on any atom is -0.325 e. The molecule has 0 unspecified atom stereocenters. The second-order valence-corrected chi connectivity index (χ2v) is 10.8. The number of carbonyl (C=O) groups is 1. The van der Waals surface area contributed by atoms with Crippen LogP contribution in [0.3, 0.4) is 0 Å². The number of aromatic nitrogens is 2. The molecule has 0 radical (unpaired) electrons. The van der Waals surface area contributed by atoms with Gasteiger partial charge in [-0.05, 0) is 89.3 Å². The molecule has 0 atom stereocenters. The van der Waals surface area contributed by atoms with Crippen molar-refractivity contribution >= 4 is 67.0 Å². The van der Waals surface area contributed by atoms with Crippen molar-refractivity contribution in [2.45, 2.75) is 17.0 Å². The first-order valence-electron chi connectivity index (χ1n) is 9.38. The van der Waals surface area contributed by atoms with E-state index in [1.807, 2.05) is 37.3 Å². The summed E-state index contributed by atoms with van der Waals surface area (Å²) in [6, 6.07) is 21.2. The third-order valence-electron chi connectivity index (χ3n) is 4.63. The molecule has 9 heteroatoms. The zero-order valence-corrected chi connectivity index (χ0v) is 20.3. The van der Waals surface area contributed by atoms with Gasteiger partial charge in [0, 0.05) is 9.26 Å². The lowest BCUT2D eigenvalue weighted by Crippen LogP contribution is -2.44. The number of hydrogen-bond donors (Lipinski definition) is 2. The van der Waals surface area contributed by atoms with Gasteiger partial charge in [-0.15, -0.1) is 3.97 Å². The van der Waals surface area contributed by atoms with E-state index in [1.165, 1.54) is 3.97 Å². The lowest BCUT2D eigenvalue weighted by Gasteiger charge is -2.08. The summed E-state index contributed by atoms with van der Waals surface area (Å²) < 4.78 is 29.1. The van der Waals surface area contributed by atoms with Gasteiger partial charge in [0.15, 0.2) is 11.0 Å². The van der Waals surface area contributed by atoms with Gasteiger partial charge in [-0.1, -0.05) is 30.3 Å². The maximum atomic E-state index is 13.4. The number of fused-ring (bicyclic) bond motifs is 1. The van der Waals surface area contributed by atoms with E-state index in [2.05, 4.69) is 32.9 Å². The van der Waals surface area contributed by atoms with Crippen LogP contribution in [0.4, 0.5) is 5.69 Å². The number of nitrogens with one attached hydrogen (secondary N) is 2. The number of para-hydroxylation sites is 2. The summed E-state index contributed by atoms with van der Waals surface area (Å²) in [6.07, 6.45) is 0. The molecule has 158 valence electrons. The van der Waals surface area contributed by atoms with E-state index in [1.54, 1.807) is 42.5 Å². The van der Waals surface area contributed by atoms with Crippen molar-refractivity contribution in [1.82, 2.24) is 4.98 Å². The van der Waals surface area contributed by atoms with Gasteiger partial charge in [-0.3, -0.25) is 4.79 Å². The number of thioether (sulfide) groups is 1. The number of aromatic amines is 1. The van der Waals surface area contributed by atoms with Crippen molar-refractivity contribution in [3.63, 3.8) is 0 Å². The topological polar surface area (TPSA) is 82.9 Å². The number of benzene rings is 3. The summed E-state index contributed by atoms with van der Waals surface area (Å²) in [4.78, 5) is 15.9. The largest absolute Gasteiger partial charge is 0.336 e. The molecule has 0 aliphatic carbocycles. The van der Waals surface area contributed by atoms with Gasteiger partial charge in [-0.25, -0.2) is 4.98 Å². The van der Waals surface area contributed by atoms with Crippen LogP contribution < -0.4 is 9.29 Å². The fourth-order valence-electron chi connectivity index (χ4n) is 3.15. The van der Waals surface area contributed by atoms with E-state index >= 15 is 0 Å². The molecule has 0 saturated heterocycles. The molecule has 0 aliphatic rings. The van der Waals surface area contributed by atoms with Gasteiger partial charge in [0.25, 0.3) is 0 Å². The Labute approximate surface area is 198 Å². The van der Waals surface area contributed by atoms with E-state index in [9.17, 15) is 13.2 Å². The Kier molecular flexibility index (Phi) is 6.35. The SMILES string of the molecule is Cc1cc(I)ccc1NC(=O)CSc1[nH]c2ccccc2[n+]1S(=O)(=O)c1ccccc1. The highest BCUT2D eigenvalue weighted by Crippen LogP contribution is 2.23. The standard InChI is InChI=1S/C22H18IN3O3S2/c1-15-13-16(23)11-12-18(15)24-21(27)14-30-22-25-19-9-5-6-10-20(19)26(22)31(28,29)17-7-3-2-4-8-17/h2-13H,14H2,1H3,(H,24,27)/p+1. The van der Waals surface area contributed by atoms with E-state index in [-0.39, 0.29) is 16.6 Å². The number of carbonyl (C=O) groups excluding carboxylic acids is 1. The normalized spacial score (nSPS) is 11.5. The molecule has 1 heterocycles. The molecule has 0 fully saturated rings. The van der Waals surface area contributed by atoms with Gasteiger partial charge in [0.1, 0.15) is 4.90 Å². The average molecular weight is 564 g/mol. The fraction of sp³-hybridized carbons (Fsp3) is 0.0909. The van der Waals surface area contributed by atoms with Crippen LogP contribution >= 0.6 is 34.4 Å². The number of aryl methyl sites for hydroxylation is 1. The van der Waals surface area contributed by atoms with Crippen molar-refractivity contribution in [3.05, 3.63) is 81.9 Å².